The molecular weight excluding hydrogens is 349 g/mol. The van der Waals surface area contributed by atoms with E-state index in [1.54, 1.807) is 0 Å². The van der Waals surface area contributed by atoms with Gasteiger partial charge in [-0.15, -0.1) is 0 Å². The van der Waals surface area contributed by atoms with Crippen LogP contribution in [0.15, 0.2) is 18.2 Å². The van der Waals surface area contributed by atoms with Gasteiger partial charge in [0.05, 0.1) is 5.56 Å². The van der Waals surface area contributed by atoms with E-state index in [0.717, 1.165) is 28.0 Å². The maximum absolute atomic E-state index is 12.1. The number of carbonyl (C=O) groups is 1. The Labute approximate surface area is 129 Å². The first-order valence-electron chi connectivity index (χ1n) is 7.22. The summed E-state index contributed by atoms with van der Waals surface area (Å²) >= 11 is 2.25. The van der Waals surface area contributed by atoms with Gasteiger partial charge in [-0.1, -0.05) is 37.8 Å². The van der Waals surface area contributed by atoms with Crippen molar-refractivity contribution in [2.75, 3.05) is 6.54 Å². The molecule has 1 fully saturated rings. The Bertz CT molecular complexity index is 438. The highest BCUT2D eigenvalue weighted by atomic mass is 127. The van der Waals surface area contributed by atoms with Crippen molar-refractivity contribution < 1.29 is 4.79 Å². The van der Waals surface area contributed by atoms with Gasteiger partial charge in [0.1, 0.15) is 0 Å². The minimum Gasteiger partial charge on any atom is -0.352 e. The van der Waals surface area contributed by atoms with E-state index in [9.17, 15) is 4.79 Å². The molecule has 104 valence electrons. The van der Waals surface area contributed by atoms with Gasteiger partial charge in [-0.2, -0.15) is 0 Å². The smallest absolute Gasteiger partial charge is 0.252 e. The minimum atomic E-state index is 0.0690. The summed E-state index contributed by atoms with van der Waals surface area (Å²) < 4.78 is 1.06. The lowest BCUT2D eigenvalue weighted by Gasteiger charge is -2.10. The van der Waals surface area contributed by atoms with Crippen molar-refractivity contribution in [3.8, 4) is 0 Å². The Morgan fingerprint density at radius 1 is 1.37 bits per heavy atom. The van der Waals surface area contributed by atoms with Crippen LogP contribution in [0.5, 0.6) is 0 Å². The van der Waals surface area contributed by atoms with E-state index in [1.807, 2.05) is 25.1 Å². The van der Waals surface area contributed by atoms with E-state index in [4.69, 9.17) is 0 Å². The predicted molar refractivity (Wildman–Crippen MR) is 87.4 cm³/mol. The third-order valence-corrected chi connectivity index (χ3v) is 5.42. The molecule has 2 rings (SSSR count). The van der Waals surface area contributed by atoms with Crippen LogP contribution in [0.3, 0.4) is 0 Å². The number of benzene rings is 1. The van der Waals surface area contributed by atoms with Crippen LogP contribution in [-0.2, 0) is 0 Å². The molecule has 1 aliphatic carbocycles. The molecule has 1 aliphatic rings. The quantitative estimate of drug-likeness (QED) is 0.607. The first kappa shape index (κ1) is 14.8. The molecule has 0 unspecified atom stereocenters. The monoisotopic (exact) mass is 371 g/mol. The number of aryl methyl sites for hydroxylation is 1. The van der Waals surface area contributed by atoms with Crippen LogP contribution in [0, 0.1) is 16.4 Å². The maximum atomic E-state index is 12.1. The van der Waals surface area contributed by atoms with Crippen LogP contribution in [0.4, 0.5) is 0 Å². The molecule has 2 nitrogen and oxygen atoms in total. The van der Waals surface area contributed by atoms with Crippen molar-refractivity contribution >= 4 is 28.5 Å². The molecule has 1 aromatic carbocycles. The number of hydrogen-bond donors (Lipinski definition) is 1. The summed E-state index contributed by atoms with van der Waals surface area (Å²) in [4.78, 5) is 12.1. The van der Waals surface area contributed by atoms with Gasteiger partial charge in [-0.25, -0.2) is 0 Å². The third kappa shape index (κ3) is 4.20. The highest BCUT2D eigenvalue weighted by Crippen LogP contribution is 2.28. The molecule has 0 aromatic heterocycles. The van der Waals surface area contributed by atoms with Crippen LogP contribution in [0.2, 0.25) is 0 Å². The topological polar surface area (TPSA) is 29.1 Å². The lowest BCUT2D eigenvalue weighted by Crippen LogP contribution is -2.25. The van der Waals surface area contributed by atoms with Crippen molar-refractivity contribution in [1.29, 1.82) is 0 Å². The van der Waals surface area contributed by atoms with Crippen molar-refractivity contribution in [2.24, 2.45) is 5.92 Å². The van der Waals surface area contributed by atoms with Crippen molar-refractivity contribution in [1.82, 2.24) is 5.32 Å². The lowest BCUT2D eigenvalue weighted by molar-refractivity contribution is 0.0951. The van der Waals surface area contributed by atoms with Gasteiger partial charge in [0.15, 0.2) is 0 Å². The number of nitrogens with one attached hydrogen (secondary N) is 1. The molecule has 3 heteroatoms. The Kier molecular flexibility index (Phi) is 5.67. The Hall–Kier alpha value is -0.580. The maximum Gasteiger partial charge on any atom is 0.252 e. The molecular formula is C16H22INO. The second-order valence-corrected chi connectivity index (χ2v) is 6.56. The van der Waals surface area contributed by atoms with E-state index in [1.165, 1.54) is 37.7 Å². The van der Waals surface area contributed by atoms with Gasteiger partial charge in [-0.05, 0) is 59.9 Å². The molecule has 0 saturated heterocycles. The SMILES string of the molecule is Cc1cccc(C(=O)NCCCC2CCCC2)c1I. The second kappa shape index (κ2) is 7.27. The zero-order valence-corrected chi connectivity index (χ0v) is 13.7. The van der Waals surface area contributed by atoms with Crippen molar-refractivity contribution in [3.63, 3.8) is 0 Å². The molecule has 0 aliphatic heterocycles. The van der Waals surface area contributed by atoms with Gasteiger partial charge < -0.3 is 5.32 Å². The fraction of sp³-hybridized carbons (Fsp3) is 0.562. The summed E-state index contributed by atoms with van der Waals surface area (Å²) in [5.41, 5.74) is 1.97. The average Bonchev–Trinajstić information content (AvgIpc) is 2.91. The van der Waals surface area contributed by atoms with Gasteiger partial charge in [0.25, 0.3) is 5.91 Å². The zero-order valence-electron chi connectivity index (χ0n) is 11.5. The van der Waals surface area contributed by atoms with Crippen LogP contribution in [0.1, 0.15) is 54.4 Å². The highest BCUT2D eigenvalue weighted by molar-refractivity contribution is 14.1. The summed E-state index contributed by atoms with van der Waals surface area (Å²) in [7, 11) is 0. The highest BCUT2D eigenvalue weighted by Gasteiger charge is 2.15. The van der Waals surface area contributed by atoms with Gasteiger partial charge >= 0.3 is 0 Å². The number of rotatable bonds is 5. The van der Waals surface area contributed by atoms with Gasteiger partial charge in [0.2, 0.25) is 0 Å². The van der Waals surface area contributed by atoms with Gasteiger partial charge in [0, 0.05) is 10.1 Å². The van der Waals surface area contributed by atoms with Crippen LogP contribution in [-0.4, -0.2) is 12.5 Å². The molecule has 0 spiro atoms. The largest absolute Gasteiger partial charge is 0.352 e. The van der Waals surface area contributed by atoms with Crippen molar-refractivity contribution in [2.45, 2.75) is 45.4 Å². The van der Waals surface area contributed by atoms with E-state index in [0.29, 0.717) is 0 Å². The molecule has 1 amide bonds. The van der Waals surface area contributed by atoms with Crippen LogP contribution in [0.25, 0.3) is 0 Å². The van der Waals surface area contributed by atoms with E-state index >= 15 is 0 Å². The number of hydrogen-bond acceptors (Lipinski definition) is 1. The zero-order chi connectivity index (χ0) is 13.7. The summed E-state index contributed by atoms with van der Waals surface area (Å²) in [5, 5.41) is 3.05. The summed E-state index contributed by atoms with van der Waals surface area (Å²) in [5.74, 6) is 0.982. The van der Waals surface area contributed by atoms with Crippen molar-refractivity contribution in [3.05, 3.63) is 32.9 Å². The minimum absolute atomic E-state index is 0.0690. The molecule has 19 heavy (non-hydrogen) atoms. The Balaban J connectivity index is 1.76. The summed E-state index contributed by atoms with van der Waals surface area (Å²) in [6.45, 7) is 2.85. The van der Waals surface area contributed by atoms with Gasteiger partial charge in [-0.3, -0.25) is 4.79 Å². The summed E-state index contributed by atoms with van der Waals surface area (Å²) in [6.07, 6.45) is 7.97. The van der Waals surface area contributed by atoms with Crippen LogP contribution >= 0.6 is 22.6 Å². The standard InChI is InChI=1S/C16H22INO/c1-12-6-4-10-14(15(12)17)16(19)18-11-5-9-13-7-2-3-8-13/h4,6,10,13H,2-3,5,7-9,11H2,1H3,(H,18,19). The normalized spacial score (nSPS) is 15.7. The van der Waals surface area contributed by atoms with E-state index < -0.39 is 0 Å². The fourth-order valence-corrected chi connectivity index (χ4v) is 3.41. The molecule has 0 bridgehead atoms. The molecule has 1 N–H and O–H groups in total. The lowest BCUT2D eigenvalue weighted by atomic mass is 10.0. The molecule has 1 aromatic rings. The third-order valence-electron chi connectivity index (χ3n) is 3.99. The molecule has 1 saturated carbocycles. The number of halogens is 1. The van der Waals surface area contributed by atoms with E-state index in [2.05, 4.69) is 27.9 Å². The average molecular weight is 371 g/mol. The summed E-state index contributed by atoms with van der Waals surface area (Å²) in [6, 6.07) is 5.89. The molecule has 0 heterocycles. The first-order valence-corrected chi connectivity index (χ1v) is 8.29. The fourth-order valence-electron chi connectivity index (χ4n) is 2.81. The molecule has 0 radical (unpaired) electrons. The number of amides is 1. The first-order chi connectivity index (χ1) is 9.18. The number of carbonyl (C=O) groups excluding carboxylic acids is 1. The second-order valence-electron chi connectivity index (χ2n) is 5.49. The Morgan fingerprint density at radius 2 is 2.11 bits per heavy atom. The molecule has 0 atom stereocenters. The van der Waals surface area contributed by atoms with E-state index in [-0.39, 0.29) is 5.91 Å². The predicted octanol–water partition coefficient (Wildman–Crippen LogP) is 4.30. The van der Waals surface area contributed by atoms with Crippen LogP contribution < -0.4 is 5.32 Å². The Morgan fingerprint density at radius 3 is 2.84 bits per heavy atom.